The molecule has 12 heteroatoms. The summed E-state index contributed by atoms with van der Waals surface area (Å²) in [6, 6.07) is 2.10. The van der Waals surface area contributed by atoms with Gasteiger partial charge in [-0.15, -0.1) is 0 Å². The van der Waals surface area contributed by atoms with Crippen molar-refractivity contribution in [3.8, 4) is 11.3 Å². The molecule has 1 amide bonds. The highest BCUT2D eigenvalue weighted by molar-refractivity contribution is 6.30. The number of pyridine rings is 1. The topological polar surface area (TPSA) is 122 Å². The maximum Gasteiger partial charge on any atom is 0.255 e. The molecule has 3 N–H and O–H groups in total. The molecule has 5 rings (SSSR count). The van der Waals surface area contributed by atoms with Crippen LogP contribution in [0, 0.1) is 0 Å². The van der Waals surface area contributed by atoms with E-state index in [-0.39, 0.29) is 12.1 Å². The molecule has 4 heterocycles. The Bertz CT molecular complexity index is 1410. The second-order valence-corrected chi connectivity index (χ2v) is 9.90. The normalized spacial score (nSPS) is 15.0. The van der Waals surface area contributed by atoms with E-state index in [1.807, 2.05) is 10.9 Å². The monoisotopic (exact) mass is 512 g/mol. The lowest BCUT2D eigenvalue weighted by Gasteiger charge is -2.25. The third-order valence-corrected chi connectivity index (χ3v) is 6.48. The summed E-state index contributed by atoms with van der Waals surface area (Å²) in [5, 5.41) is 24.8. The van der Waals surface area contributed by atoms with Crippen LogP contribution in [-0.2, 0) is 0 Å². The molecule has 1 atom stereocenters. The van der Waals surface area contributed by atoms with Crippen LogP contribution >= 0.6 is 11.6 Å². The first-order chi connectivity index (χ1) is 17.2. The number of hydrogen-bond acceptors (Lipinski definition) is 7. The summed E-state index contributed by atoms with van der Waals surface area (Å²) in [5.74, 6) is -0.528. The number of aliphatic hydroxyl groups is 1. The molecular formula is C24H26ClFN8O2. The van der Waals surface area contributed by atoms with Gasteiger partial charge in [0.05, 0.1) is 70.0 Å². The van der Waals surface area contributed by atoms with Gasteiger partial charge in [0.25, 0.3) is 5.91 Å². The fourth-order valence-corrected chi connectivity index (χ4v) is 4.00. The van der Waals surface area contributed by atoms with Gasteiger partial charge in [0.15, 0.2) is 5.65 Å². The molecule has 1 saturated carbocycles. The number of anilines is 2. The number of nitrogens with zero attached hydrogens (tertiary/aromatic N) is 6. The maximum absolute atomic E-state index is 14.2. The molecule has 1 fully saturated rings. The van der Waals surface area contributed by atoms with E-state index in [0.29, 0.717) is 39.3 Å². The Hall–Kier alpha value is -3.57. The number of rotatable bonds is 8. The lowest BCUT2D eigenvalue weighted by Crippen LogP contribution is -2.42. The van der Waals surface area contributed by atoms with Gasteiger partial charge in [-0.25, -0.2) is 13.9 Å². The molecule has 0 spiro atoms. The largest absolute Gasteiger partial charge is 0.387 e. The van der Waals surface area contributed by atoms with Crippen LogP contribution in [0.1, 0.15) is 49.5 Å². The minimum absolute atomic E-state index is 0.213. The molecule has 0 saturated heterocycles. The van der Waals surface area contributed by atoms with Crippen molar-refractivity contribution >= 4 is 34.5 Å². The second-order valence-electron chi connectivity index (χ2n) is 9.46. The molecule has 1 aliphatic rings. The highest BCUT2D eigenvalue weighted by Crippen LogP contribution is 2.33. The number of carbonyl (C=O) groups is 1. The predicted octanol–water partition coefficient (Wildman–Crippen LogP) is 3.95. The zero-order valence-corrected chi connectivity index (χ0v) is 20.6. The summed E-state index contributed by atoms with van der Waals surface area (Å²) < 4.78 is 17.7. The predicted molar refractivity (Wildman–Crippen MR) is 133 cm³/mol. The number of carbonyl (C=O) groups excluding carboxylic acids is 1. The van der Waals surface area contributed by atoms with E-state index in [2.05, 4.69) is 30.8 Å². The first kappa shape index (κ1) is 24.1. The fraction of sp³-hybridized carbons (Fsp3) is 0.375. The third kappa shape index (κ3) is 4.89. The zero-order valence-electron chi connectivity index (χ0n) is 19.8. The van der Waals surface area contributed by atoms with E-state index in [4.69, 9.17) is 11.6 Å². The van der Waals surface area contributed by atoms with Crippen LogP contribution in [0.3, 0.4) is 0 Å². The van der Waals surface area contributed by atoms with Gasteiger partial charge >= 0.3 is 0 Å². The Labute approximate surface area is 211 Å². The van der Waals surface area contributed by atoms with Crippen LogP contribution in [-0.4, -0.2) is 58.7 Å². The molecule has 0 aromatic carbocycles. The van der Waals surface area contributed by atoms with Crippen molar-refractivity contribution < 1.29 is 14.3 Å². The zero-order chi connectivity index (χ0) is 25.4. The standard InChI is InChI=1S/C24H26ClFN8O2/c1-24(2,36)21(26)11-29-23(35)18-9-27-19(17-10-31-34-12-14(25)7-28-22(17)34)6-20(18)32-15-8-30-33(13-15)16-4-3-5-16/h6-10,12-13,16,21,36H,3-5,11H2,1-2H3,(H,27,32)(H,29,35)/t21-/m1/s1. The number of halogens is 2. The molecule has 1 aliphatic carbocycles. The quantitative estimate of drug-likeness (QED) is 0.326. The Balaban J connectivity index is 1.47. The van der Waals surface area contributed by atoms with Gasteiger partial charge < -0.3 is 15.7 Å². The molecule has 0 radical (unpaired) electrons. The van der Waals surface area contributed by atoms with Crippen molar-refractivity contribution in [1.29, 1.82) is 0 Å². The summed E-state index contributed by atoms with van der Waals surface area (Å²) in [6.07, 6.45) is 11.5. The third-order valence-electron chi connectivity index (χ3n) is 6.29. The molecule has 10 nitrogen and oxygen atoms in total. The average molecular weight is 513 g/mol. The van der Waals surface area contributed by atoms with E-state index in [9.17, 15) is 14.3 Å². The molecule has 188 valence electrons. The Kier molecular flexibility index (Phi) is 6.35. The van der Waals surface area contributed by atoms with Gasteiger partial charge in [0, 0.05) is 18.6 Å². The van der Waals surface area contributed by atoms with Gasteiger partial charge in [0.1, 0.15) is 6.17 Å². The van der Waals surface area contributed by atoms with Crippen LogP contribution in [0.5, 0.6) is 0 Å². The first-order valence-electron chi connectivity index (χ1n) is 11.6. The van der Waals surface area contributed by atoms with Crippen LogP contribution in [0.2, 0.25) is 5.02 Å². The number of amides is 1. The fourth-order valence-electron chi connectivity index (χ4n) is 3.86. The van der Waals surface area contributed by atoms with Gasteiger partial charge in [-0.2, -0.15) is 10.2 Å². The van der Waals surface area contributed by atoms with Crippen molar-refractivity contribution in [3.63, 3.8) is 0 Å². The molecule has 0 aliphatic heterocycles. The van der Waals surface area contributed by atoms with Crippen molar-refractivity contribution in [2.75, 3.05) is 11.9 Å². The van der Waals surface area contributed by atoms with E-state index >= 15 is 0 Å². The molecule has 4 aromatic heterocycles. The van der Waals surface area contributed by atoms with Crippen LogP contribution in [0.15, 0.2) is 43.2 Å². The summed E-state index contributed by atoms with van der Waals surface area (Å²) in [7, 11) is 0. The van der Waals surface area contributed by atoms with Crippen molar-refractivity contribution in [1.82, 2.24) is 34.7 Å². The molecule has 4 aromatic rings. The van der Waals surface area contributed by atoms with Crippen molar-refractivity contribution in [2.45, 2.75) is 50.9 Å². The number of aromatic nitrogens is 6. The highest BCUT2D eigenvalue weighted by Gasteiger charge is 2.27. The van der Waals surface area contributed by atoms with Crippen molar-refractivity contribution in [2.24, 2.45) is 0 Å². The number of nitrogens with one attached hydrogen (secondary N) is 2. The SMILES string of the molecule is CC(C)(O)[C@H](F)CNC(=O)c1cnc(-c2cnn3cc(Cl)cnc23)cc1Nc1cnn(C2CCC2)c1. The van der Waals surface area contributed by atoms with Gasteiger partial charge in [0.2, 0.25) is 0 Å². The number of alkyl halides is 1. The van der Waals surface area contributed by atoms with Gasteiger partial charge in [-0.05, 0) is 39.2 Å². The van der Waals surface area contributed by atoms with E-state index in [0.717, 1.165) is 12.8 Å². The minimum Gasteiger partial charge on any atom is -0.387 e. The molecule has 0 unspecified atom stereocenters. The highest BCUT2D eigenvalue weighted by atomic mass is 35.5. The summed E-state index contributed by atoms with van der Waals surface area (Å²) in [4.78, 5) is 21.8. The number of fused-ring (bicyclic) bond motifs is 1. The Morgan fingerprint density at radius 1 is 1.22 bits per heavy atom. The van der Waals surface area contributed by atoms with E-state index in [1.54, 1.807) is 29.2 Å². The Morgan fingerprint density at radius 3 is 2.75 bits per heavy atom. The Morgan fingerprint density at radius 2 is 2.03 bits per heavy atom. The summed E-state index contributed by atoms with van der Waals surface area (Å²) in [6.45, 7) is 2.36. The number of hydrogen-bond donors (Lipinski definition) is 3. The lowest BCUT2D eigenvalue weighted by atomic mass is 9.93. The minimum atomic E-state index is -1.64. The van der Waals surface area contributed by atoms with Crippen LogP contribution < -0.4 is 10.6 Å². The smallest absolute Gasteiger partial charge is 0.255 e. The maximum atomic E-state index is 14.2. The van der Waals surface area contributed by atoms with E-state index in [1.165, 1.54) is 32.7 Å². The van der Waals surface area contributed by atoms with E-state index < -0.39 is 17.7 Å². The van der Waals surface area contributed by atoms with Crippen molar-refractivity contribution in [3.05, 3.63) is 53.8 Å². The summed E-state index contributed by atoms with van der Waals surface area (Å²) >= 11 is 6.02. The lowest BCUT2D eigenvalue weighted by molar-refractivity contribution is -0.00177. The second kappa shape index (κ2) is 9.47. The van der Waals surface area contributed by atoms with Gasteiger partial charge in [-0.3, -0.25) is 14.5 Å². The molecular weight excluding hydrogens is 487 g/mol. The van der Waals surface area contributed by atoms with Crippen LogP contribution in [0.4, 0.5) is 15.8 Å². The summed E-state index contributed by atoms with van der Waals surface area (Å²) in [5.41, 5.74) is 1.54. The molecule has 0 bridgehead atoms. The molecule has 36 heavy (non-hydrogen) atoms. The average Bonchev–Trinajstić information content (AvgIpc) is 3.42. The van der Waals surface area contributed by atoms with Gasteiger partial charge in [-0.1, -0.05) is 11.6 Å². The first-order valence-corrected chi connectivity index (χ1v) is 12.0. The van der Waals surface area contributed by atoms with Crippen LogP contribution in [0.25, 0.3) is 16.9 Å².